The Morgan fingerprint density at radius 2 is 2.26 bits per heavy atom. The van der Waals surface area contributed by atoms with Crippen LogP contribution in [-0.2, 0) is 14.2 Å². The van der Waals surface area contributed by atoms with Crippen molar-refractivity contribution in [3.05, 3.63) is 41.9 Å². The molecule has 1 atom stereocenters. The molecule has 1 aromatic rings. The van der Waals surface area contributed by atoms with E-state index in [0.29, 0.717) is 43.4 Å². The highest BCUT2D eigenvalue weighted by molar-refractivity contribution is 5.94. The van der Waals surface area contributed by atoms with Crippen molar-refractivity contribution in [2.75, 3.05) is 33.0 Å². The normalized spacial score (nSPS) is 20.2. The lowest BCUT2D eigenvalue weighted by molar-refractivity contribution is 0.0679. The molecule has 0 bridgehead atoms. The Kier molecular flexibility index (Phi) is 5.37. The summed E-state index contributed by atoms with van der Waals surface area (Å²) in [4.78, 5) is 12.2. The molecule has 0 aliphatic carbocycles. The summed E-state index contributed by atoms with van der Waals surface area (Å²) in [5.41, 5.74) is 0.548. The molecular weight excluding hydrogens is 298 g/mol. The van der Waals surface area contributed by atoms with Gasteiger partial charge in [0.05, 0.1) is 12.6 Å². The molecular formula is C17H21NO5. The van der Waals surface area contributed by atoms with Crippen LogP contribution >= 0.6 is 0 Å². The molecule has 0 aromatic heterocycles. The van der Waals surface area contributed by atoms with E-state index in [1.807, 2.05) is 6.07 Å². The minimum atomic E-state index is -0.178. The van der Waals surface area contributed by atoms with E-state index in [1.54, 1.807) is 18.2 Å². The van der Waals surface area contributed by atoms with Crippen LogP contribution < -0.4 is 10.1 Å². The molecule has 1 N–H and O–H groups in total. The van der Waals surface area contributed by atoms with Crippen LogP contribution in [0.3, 0.4) is 0 Å². The predicted molar refractivity (Wildman–Crippen MR) is 83.2 cm³/mol. The highest BCUT2D eigenvalue weighted by Gasteiger charge is 2.16. The molecule has 0 spiro atoms. The third kappa shape index (κ3) is 4.63. The predicted octanol–water partition coefficient (Wildman–Crippen LogP) is 1.86. The zero-order valence-corrected chi connectivity index (χ0v) is 13.0. The third-order valence-electron chi connectivity index (χ3n) is 3.68. The van der Waals surface area contributed by atoms with Crippen molar-refractivity contribution in [2.24, 2.45) is 0 Å². The number of ether oxygens (including phenoxy) is 4. The van der Waals surface area contributed by atoms with Gasteiger partial charge in [-0.25, -0.2) is 0 Å². The molecule has 2 aliphatic rings. The van der Waals surface area contributed by atoms with Crippen molar-refractivity contribution >= 4 is 5.91 Å². The van der Waals surface area contributed by atoms with Crippen LogP contribution in [0.15, 0.2) is 36.3 Å². The Hall–Kier alpha value is -2.21. The Labute approximate surface area is 135 Å². The van der Waals surface area contributed by atoms with Crippen LogP contribution in [0.1, 0.15) is 23.2 Å². The van der Waals surface area contributed by atoms with E-state index in [9.17, 15) is 4.79 Å². The fraction of sp³-hybridized carbons (Fsp3) is 0.471. The molecule has 1 amide bonds. The van der Waals surface area contributed by atoms with Crippen molar-refractivity contribution < 1.29 is 23.7 Å². The first kappa shape index (κ1) is 15.7. The summed E-state index contributed by atoms with van der Waals surface area (Å²) in [6, 6.07) is 7.13. The van der Waals surface area contributed by atoms with E-state index >= 15 is 0 Å². The smallest absolute Gasteiger partial charge is 0.251 e. The number of hydrogen-bond donors (Lipinski definition) is 1. The average molecular weight is 319 g/mol. The lowest BCUT2D eigenvalue weighted by Crippen LogP contribution is -2.27. The van der Waals surface area contributed by atoms with Gasteiger partial charge in [0.1, 0.15) is 37.6 Å². The summed E-state index contributed by atoms with van der Waals surface area (Å²) in [6.45, 7) is 2.68. The maximum absolute atomic E-state index is 12.2. The quantitative estimate of drug-likeness (QED) is 0.867. The number of amides is 1. The fourth-order valence-corrected chi connectivity index (χ4v) is 2.46. The zero-order valence-electron chi connectivity index (χ0n) is 13.0. The minimum Gasteiger partial charge on any atom is -0.494 e. The lowest BCUT2D eigenvalue weighted by atomic mass is 10.2. The molecule has 6 nitrogen and oxygen atoms in total. The van der Waals surface area contributed by atoms with Gasteiger partial charge in [-0.2, -0.15) is 0 Å². The second-order valence-corrected chi connectivity index (χ2v) is 5.46. The van der Waals surface area contributed by atoms with Crippen LogP contribution in [0.4, 0.5) is 0 Å². The summed E-state index contributed by atoms with van der Waals surface area (Å²) in [7, 11) is 0. The maximum Gasteiger partial charge on any atom is 0.251 e. The van der Waals surface area contributed by atoms with Gasteiger partial charge in [-0.05, 0) is 31.0 Å². The van der Waals surface area contributed by atoms with Crippen LogP contribution in [0.5, 0.6) is 5.75 Å². The van der Waals surface area contributed by atoms with Crippen molar-refractivity contribution in [3.8, 4) is 5.75 Å². The second-order valence-electron chi connectivity index (χ2n) is 5.46. The molecule has 3 rings (SSSR count). The number of benzene rings is 1. The Balaban J connectivity index is 1.51. The molecule has 1 fully saturated rings. The number of hydrogen-bond acceptors (Lipinski definition) is 5. The van der Waals surface area contributed by atoms with E-state index in [1.165, 1.54) is 6.26 Å². The first-order valence-electron chi connectivity index (χ1n) is 7.87. The Bertz CT molecular complexity index is 566. The van der Waals surface area contributed by atoms with E-state index in [0.717, 1.165) is 19.4 Å². The van der Waals surface area contributed by atoms with Gasteiger partial charge in [0.15, 0.2) is 0 Å². The van der Waals surface area contributed by atoms with E-state index in [-0.39, 0.29) is 12.0 Å². The number of carbonyl (C=O) groups excluding carboxylic acids is 1. The summed E-state index contributed by atoms with van der Waals surface area (Å²) >= 11 is 0. The Morgan fingerprint density at radius 1 is 1.30 bits per heavy atom. The number of nitrogens with one attached hydrogen (secondary N) is 1. The molecule has 2 heterocycles. The first-order chi connectivity index (χ1) is 11.3. The van der Waals surface area contributed by atoms with Gasteiger partial charge in [-0.1, -0.05) is 6.07 Å². The molecule has 23 heavy (non-hydrogen) atoms. The van der Waals surface area contributed by atoms with E-state index in [2.05, 4.69) is 5.32 Å². The highest BCUT2D eigenvalue weighted by atomic mass is 16.6. The molecule has 6 heteroatoms. The van der Waals surface area contributed by atoms with Crippen LogP contribution in [0, 0.1) is 0 Å². The summed E-state index contributed by atoms with van der Waals surface area (Å²) in [5, 5.41) is 2.80. The van der Waals surface area contributed by atoms with Crippen LogP contribution in [0.25, 0.3) is 0 Å². The van der Waals surface area contributed by atoms with Gasteiger partial charge in [0, 0.05) is 12.2 Å². The Morgan fingerprint density at radius 3 is 3.04 bits per heavy atom. The SMILES string of the molecule is O=C(NCC1=COCCO1)c1cccc(OCC2CCCO2)c1. The van der Waals surface area contributed by atoms with Gasteiger partial charge < -0.3 is 24.3 Å². The summed E-state index contributed by atoms with van der Waals surface area (Å²) in [6.07, 6.45) is 3.79. The van der Waals surface area contributed by atoms with Crippen LogP contribution in [0.2, 0.25) is 0 Å². The standard InChI is InChI=1S/C17H21NO5/c19-17(18-10-16-11-20-7-8-22-16)13-3-1-4-14(9-13)23-12-15-5-2-6-21-15/h1,3-4,9,11,15H,2,5-8,10,12H2,(H,18,19). The molecule has 2 aliphatic heterocycles. The minimum absolute atomic E-state index is 0.155. The van der Waals surface area contributed by atoms with Crippen molar-refractivity contribution in [2.45, 2.75) is 18.9 Å². The van der Waals surface area contributed by atoms with E-state index in [4.69, 9.17) is 18.9 Å². The van der Waals surface area contributed by atoms with Gasteiger partial charge in [-0.3, -0.25) is 4.79 Å². The maximum atomic E-state index is 12.2. The third-order valence-corrected chi connectivity index (χ3v) is 3.68. The molecule has 1 unspecified atom stereocenters. The van der Waals surface area contributed by atoms with Gasteiger partial charge in [0.2, 0.25) is 0 Å². The monoisotopic (exact) mass is 319 g/mol. The van der Waals surface area contributed by atoms with Crippen molar-refractivity contribution in [1.29, 1.82) is 0 Å². The van der Waals surface area contributed by atoms with Gasteiger partial charge in [-0.15, -0.1) is 0 Å². The largest absolute Gasteiger partial charge is 0.494 e. The number of rotatable bonds is 6. The van der Waals surface area contributed by atoms with E-state index < -0.39 is 0 Å². The summed E-state index contributed by atoms with van der Waals surface area (Å²) < 4.78 is 21.8. The molecule has 124 valence electrons. The zero-order chi connectivity index (χ0) is 15.9. The summed E-state index contributed by atoms with van der Waals surface area (Å²) in [5.74, 6) is 1.11. The molecule has 0 saturated carbocycles. The second kappa shape index (κ2) is 7.87. The molecule has 0 radical (unpaired) electrons. The van der Waals surface area contributed by atoms with Crippen LogP contribution in [-0.4, -0.2) is 45.0 Å². The van der Waals surface area contributed by atoms with Gasteiger partial charge >= 0.3 is 0 Å². The highest BCUT2D eigenvalue weighted by Crippen LogP contribution is 2.17. The van der Waals surface area contributed by atoms with Crippen molar-refractivity contribution in [1.82, 2.24) is 5.32 Å². The lowest BCUT2D eigenvalue weighted by Gasteiger charge is -2.16. The van der Waals surface area contributed by atoms with Gasteiger partial charge in [0.25, 0.3) is 5.91 Å². The van der Waals surface area contributed by atoms with Crippen molar-refractivity contribution in [3.63, 3.8) is 0 Å². The molecule has 1 aromatic carbocycles. The average Bonchev–Trinajstić information content (AvgIpc) is 3.12. The topological polar surface area (TPSA) is 66.0 Å². The first-order valence-corrected chi connectivity index (χ1v) is 7.87. The molecule has 1 saturated heterocycles. The fourth-order valence-electron chi connectivity index (χ4n) is 2.46. The number of carbonyl (C=O) groups is 1.